The Hall–Kier alpha value is -2.45. The number of amidine groups is 2. The van der Waals surface area contributed by atoms with Crippen LogP contribution in [0.4, 0.5) is 5.69 Å². The molecule has 5 N–H and O–H groups in total. The maximum atomic E-state index is 5.63. The summed E-state index contributed by atoms with van der Waals surface area (Å²) in [5.74, 6) is 0.433. The van der Waals surface area contributed by atoms with E-state index in [2.05, 4.69) is 37.8 Å². The average molecular weight is 301 g/mol. The van der Waals surface area contributed by atoms with E-state index in [0.29, 0.717) is 5.71 Å². The molecule has 2 aliphatic rings. The standard InChI is InChI=1S/C14H19N7O/c15-13-12(14(16)20-19-13)18-17-11-3-1-10(2-4-11)9-21-5-7-22-8-6-21/h1-4,17H,5-9H2,(H4,15,16,18,19,20). The minimum atomic E-state index is 0.217. The molecular weight excluding hydrogens is 282 g/mol. The molecule has 3 rings (SSSR count). The lowest BCUT2D eigenvalue weighted by Gasteiger charge is -2.26. The number of nitrogens with one attached hydrogen (secondary N) is 1. The molecule has 1 aromatic rings. The second kappa shape index (κ2) is 6.54. The number of benzene rings is 1. The Bertz CT molecular complexity index is 595. The molecule has 1 aromatic carbocycles. The van der Waals surface area contributed by atoms with Crippen LogP contribution in [0.3, 0.4) is 0 Å². The molecule has 116 valence electrons. The summed E-state index contributed by atoms with van der Waals surface area (Å²) in [5.41, 5.74) is 16.7. The number of hydrazone groups is 1. The van der Waals surface area contributed by atoms with Crippen molar-refractivity contribution in [3.05, 3.63) is 29.8 Å². The molecule has 0 unspecified atom stereocenters. The Morgan fingerprint density at radius 1 is 1.09 bits per heavy atom. The van der Waals surface area contributed by atoms with E-state index >= 15 is 0 Å². The number of ether oxygens (including phenoxy) is 1. The van der Waals surface area contributed by atoms with Crippen molar-refractivity contribution in [1.29, 1.82) is 0 Å². The predicted molar refractivity (Wildman–Crippen MR) is 86.8 cm³/mol. The van der Waals surface area contributed by atoms with Crippen LogP contribution in [-0.4, -0.2) is 48.6 Å². The Balaban J connectivity index is 1.58. The largest absolute Gasteiger partial charge is 0.380 e. The van der Waals surface area contributed by atoms with Gasteiger partial charge in [0.05, 0.1) is 18.9 Å². The van der Waals surface area contributed by atoms with Crippen molar-refractivity contribution in [2.45, 2.75) is 6.54 Å². The lowest BCUT2D eigenvalue weighted by atomic mass is 10.2. The minimum Gasteiger partial charge on any atom is -0.380 e. The summed E-state index contributed by atoms with van der Waals surface area (Å²) in [7, 11) is 0. The van der Waals surface area contributed by atoms with Gasteiger partial charge < -0.3 is 16.2 Å². The number of nitrogens with zero attached hydrogens (tertiary/aromatic N) is 4. The van der Waals surface area contributed by atoms with Crippen LogP contribution in [0.5, 0.6) is 0 Å². The molecule has 2 heterocycles. The highest BCUT2D eigenvalue weighted by Crippen LogP contribution is 2.12. The highest BCUT2D eigenvalue weighted by Gasteiger charge is 2.16. The zero-order valence-corrected chi connectivity index (χ0v) is 12.2. The van der Waals surface area contributed by atoms with Crippen molar-refractivity contribution < 1.29 is 4.74 Å². The molecule has 0 spiro atoms. The number of morpholine rings is 1. The Morgan fingerprint density at radius 3 is 2.36 bits per heavy atom. The number of rotatable bonds is 4. The zero-order valence-electron chi connectivity index (χ0n) is 12.2. The van der Waals surface area contributed by atoms with Crippen molar-refractivity contribution >= 4 is 23.1 Å². The number of anilines is 1. The molecule has 0 saturated carbocycles. The van der Waals surface area contributed by atoms with Gasteiger partial charge in [-0.05, 0) is 17.7 Å². The molecule has 8 nitrogen and oxygen atoms in total. The van der Waals surface area contributed by atoms with Gasteiger partial charge in [0.1, 0.15) is 0 Å². The zero-order chi connectivity index (χ0) is 15.4. The monoisotopic (exact) mass is 301 g/mol. The Morgan fingerprint density at radius 2 is 1.73 bits per heavy atom. The van der Waals surface area contributed by atoms with E-state index in [1.54, 1.807) is 0 Å². The van der Waals surface area contributed by atoms with Gasteiger partial charge in [-0.25, -0.2) is 0 Å². The fourth-order valence-electron chi connectivity index (χ4n) is 2.27. The second-order valence-electron chi connectivity index (χ2n) is 5.13. The molecule has 2 aliphatic heterocycles. The van der Waals surface area contributed by atoms with Crippen LogP contribution in [-0.2, 0) is 11.3 Å². The van der Waals surface area contributed by atoms with Crippen molar-refractivity contribution in [2.75, 3.05) is 31.7 Å². The van der Waals surface area contributed by atoms with Crippen LogP contribution in [0.25, 0.3) is 0 Å². The third kappa shape index (κ3) is 3.41. The Kier molecular flexibility index (Phi) is 4.31. The molecule has 8 heteroatoms. The van der Waals surface area contributed by atoms with Gasteiger partial charge >= 0.3 is 0 Å². The van der Waals surface area contributed by atoms with Crippen molar-refractivity contribution in [2.24, 2.45) is 26.8 Å². The van der Waals surface area contributed by atoms with Crippen LogP contribution in [0.1, 0.15) is 5.56 Å². The topological polar surface area (TPSA) is 114 Å². The first-order chi connectivity index (χ1) is 10.7. The smallest absolute Gasteiger partial charge is 0.177 e. The first-order valence-corrected chi connectivity index (χ1v) is 7.12. The van der Waals surface area contributed by atoms with Crippen LogP contribution >= 0.6 is 0 Å². The molecule has 0 aliphatic carbocycles. The molecule has 1 saturated heterocycles. The summed E-state index contributed by atoms with van der Waals surface area (Å²) >= 11 is 0. The number of hydrogen-bond acceptors (Lipinski definition) is 8. The summed E-state index contributed by atoms with van der Waals surface area (Å²) in [4.78, 5) is 2.37. The molecule has 0 aromatic heterocycles. The van der Waals surface area contributed by atoms with Crippen LogP contribution in [0.2, 0.25) is 0 Å². The summed E-state index contributed by atoms with van der Waals surface area (Å²) < 4.78 is 5.35. The maximum absolute atomic E-state index is 5.63. The second-order valence-corrected chi connectivity index (χ2v) is 5.13. The molecular formula is C14H19N7O. The van der Waals surface area contributed by atoms with E-state index in [9.17, 15) is 0 Å². The van der Waals surface area contributed by atoms with Gasteiger partial charge in [-0.3, -0.25) is 10.3 Å². The quantitative estimate of drug-likeness (QED) is 0.674. The van der Waals surface area contributed by atoms with Gasteiger partial charge in [0.25, 0.3) is 0 Å². The summed E-state index contributed by atoms with van der Waals surface area (Å²) in [5, 5.41) is 11.5. The first kappa shape index (κ1) is 14.5. The number of hydrogen-bond donors (Lipinski definition) is 3. The van der Waals surface area contributed by atoms with Gasteiger partial charge in [-0.1, -0.05) is 12.1 Å². The fourth-order valence-corrected chi connectivity index (χ4v) is 2.27. The van der Waals surface area contributed by atoms with Crippen LogP contribution < -0.4 is 16.9 Å². The fraction of sp³-hybridized carbons (Fsp3) is 0.357. The molecule has 0 radical (unpaired) electrons. The first-order valence-electron chi connectivity index (χ1n) is 7.12. The average Bonchev–Trinajstić information content (AvgIpc) is 2.86. The van der Waals surface area contributed by atoms with E-state index in [1.807, 2.05) is 12.1 Å². The van der Waals surface area contributed by atoms with E-state index < -0.39 is 0 Å². The summed E-state index contributed by atoms with van der Waals surface area (Å²) in [6.07, 6.45) is 0. The van der Waals surface area contributed by atoms with Gasteiger partial charge in [0, 0.05) is 19.6 Å². The third-order valence-electron chi connectivity index (χ3n) is 3.51. The van der Waals surface area contributed by atoms with Gasteiger partial charge in [0.15, 0.2) is 17.4 Å². The highest BCUT2D eigenvalue weighted by molar-refractivity contribution is 6.68. The molecule has 22 heavy (non-hydrogen) atoms. The normalized spacial score (nSPS) is 18.8. The summed E-state index contributed by atoms with van der Waals surface area (Å²) in [6.45, 7) is 4.50. The maximum Gasteiger partial charge on any atom is 0.177 e. The van der Waals surface area contributed by atoms with E-state index in [4.69, 9.17) is 16.2 Å². The summed E-state index contributed by atoms with van der Waals surface area (Å²) in [6, 6.07) is 8.08. The highest BCUT2D eigenvalue weighted by atomic mass is 16.5. The predicted octanol–water partition coefficient (Wildman–Crippen LogP) is -0.0703. The minimum absolute atomic E-state index is 0.217. The lowest BCUT2D eigenvalue weighted by molar-refractivity contribution is 0.0342. The van der Waals surface area contributed by atoms with Gasteiger partial charge in [-0.2, -0.15) is 5.10 Å². The third-order valence-corrected chi connectivity index (χ3v) is 3.51. The lowest BCUT2D eigenvalue weighted by Crippen LogP contribution is -2.35. The van der Waals surface area contributed by atoms with Gasteiger partial charge in [-0.15, -0.1) is 10.2 Å². The van der Waals surface area contributed by atoms with Crippen molar-refractivity contribution in [1.82, 2.24) is 4.90 Å². The molecule has 1 fully saturated rings. The molecule has 0 amide bonds. The van der Waals surface area contributed by atoms with E-state index in [1.165, 1.54) is 5.56 Å². The Labute approximate surface area is 128 Å². The molecule has 0 atom stereocenters. The van der Waals surface area contributed by atoms with Crippen LogP contribution in [0.15, 0.2) is 39.6 Å². The van der Waals surface area contributed by atoms with Crippen LogP contribution in [0, 0.1) is 0 Å². The van der Waals surface area contributed by atoms with Gasteiger partial charge in [0.2, 0.25) is 0 Å². The van der Waals surface area contributed by atoms with Crippen molar-refractivity contribution in [3.8, 4) is 0 Å². The van der Waals surface area contributed by atoms with E-state index in [0.717, 1.165) is 38.5 Å². The number of nitrogens with two attached hydrogens (primary N) is 2. The molecule has 0 bridgehead atoms. The SMILES string of the molecule is NC1=NN=C(N)C1=NNc1ccc(CN2CCOCC2)cc1. The van der Waals surface area contributed by atoms with E-state index in [-0.39, 0.29) is 11.7 Å². The van der Waals surface area contributed by atoms with Crippen molar-refractivity contribution in [3.63, 3.8) is 0 Å².